The van der Waals surface area contributed by atoms with Crippen LogP contribution < -0.4 is 15.1 Å². The second kappa shape index (κ2) is 9.62. The zero-order chi connectivity index (χ0) is 20.0. The number of hydrogen-bond acceptors (Lipinski definition) is 4. The maximum Gasteiger partial charge on any atom is 0.275 e. The van der Waals surface area contributed by atoms with E-state index in [0.29, 0.717) is 24.8 Å². The zero-order valence-electron chi connectivity index (χ0n) is 16.8. The molecule has 2 N–H and O–H groups in total. The van der Waals surface area contributed by atoms with E-state index in [4.69, 9.17) is 4.98 Å². The van der Waals surface area contributed by atoms with Crippen molar-refractivity contribution >= 4 is 34.0 Å². The van der Waals surface area contributed by atoms with Crippen molar-refractivity contribution in [2.24, 2.45) is 0 Å². The van der Waals surface area contributed by atoms with E-state index in [0.717, 1.165) is 34.0 Å². The first-order valence-corrected chi connectivity index (χ1v) is 10.2. The molecular formula is C20H29N4O2S+. The minimum absolute atomic E-state index is 0.0469. The van der Waals surface area contributed by atoms with Crippen LogP contribution in [0.5, 0.6) is 0 Å². The minimum Gasteiger partial charge on any atom is -0.351 e. The fraction of sp³-hybridized carbons (Fsp3) is 0.450. The summed E-state index contributed by atoms with van der Waals surface area (Å²) in [4.78, 5) is 31.8. The first-order valence-electron chi connectivity index (χ1n) is 9.28. The number of carbonyl (C=O) groups is 2. The molecule has 0 aliphatic heterocycles. The fourth-order valence-electron chi connectivity index (χ4n) is 3.08. The van der Waals surface area contributed by atoms with Gasteiger partial charge in [0.15, 0.2) is 11.7 Å². The van der Waals surface area contributed by atoms with Crippen LogP contribution in [0.4, 0.5) is 10.8 Å². The third-order valence-electron chi connectivity index (χ3n) is 4.42. The van der Waals surface area contributed by atoms with E-state index in [1.165, 1.54) is 11.3 Å². The van der Waals surface area contributed by atoms with Crippen LogP contribution in [0.25, 0.3) is 0 Å². The molecule has 0 bridgehead atoms. The molecule has 0 spiro atoms. The Labute approximate surface area is 165 Å². The molecule has 6 nitrogen and oxygen atoms in total. The van der Waals surface area contributed by atoms with Gasteiger partial charge in [0.1, 0.15) is 12.2 Å². The van der Waals surface area contributed by atoms with Crippen molar-refractivity contribution in [2.45, 2.75) is 41.2 Å². The third-order valence-corrected chi connectivity index (χ3v) is 5.30. The summed E-state index contributed by atoms with van der Waals surface area (Å²) in [5, 5.41) is 5.49. The summed E-state index contributed by atoms with van der Waals surface area (Å²) in [6, 6.07) is 5.99. The second-order valence-electron chi connectivity index (χ2n) is 6.63. The first-order chi connectivity index (χ1) is 12.9. The van der Waals surface area contributed by atoms with E-state index in [2.05, 4.69) is 12.2 Å². The number of anilines is 2. The number of amides is 2. The summed E-state index contributed by atoms with van der Waals surface area (Å²) >= 11 is 1.46. The average Bonchev–Trinajstić information content (AvgIpc) is 3.05. The Balaban J connectivity index is 2.23. The largest absolute Gasteiger partial charge is 0.351 e. The van der Waals surface area contributed by atoms with Gasteiger partial charge in [-0.25, -0.2) is 4.98 Å². The molecule has 146 valence electrons. The molecule has 0 saturated heterocycles. The molecule has 1 heterocycles. The summed E-state index contributed by atoms with van der Waals surface area (Å²) in [6.45, 7) is 12.1. The van der Waals surface area contributed by atoms with Crippen LogP contribution in [-0.4, -0.2) is 36.4 Å². The standard InChI is InChI=1S/C20H28N4O2S/c1-6-21-18(26)12-23(7-2)11-17-13-27-20(22-17)24(16(5)25)19-14(3)9-8-10-15(19)4/h8-10,13H,6-7,11-12H2,1-5H3,(H,21,26)/p+1. The molecule has 2 aromatic rings. The van der Waals surface area contributed by atoms with Crippen molar-refractivity contribution in [3.05, 3.63) is 40.4 Å². The van der Waals surface area contributed by atoms with Crippen LogP contribution in [0.3, 0.4) is 0 Å². The number of hydrogen-bond donors (Lipinski definition) is 2. The van der Waals surface area contributed by atoms with Crippen molar-refractivity contribution in [2.75, 3.05) is 24.5 Å². The number of para-hydroxylation sites is 1. The van der Waals surface area contributed by atoms with Crippen LogP contribution >= 0.6 is 11.3 Å². The Hall–Kier alpha value is -2.25. The SMILES string of the molecule is CCNC(=O)C[NH+](CC)Cc1csc(N(C(C)=O)c2c(C)cccc2C)n1. The highest BCUT2D eigenvalue weighted by Crippen LogP contribution is 2.33. The molecule has 0 aliphatic carbocycles. The first kappa shape index (κ1) is 21.1. The number of nitrogens with zero attached hydrogens (tertiary/aromatic N) is 2. The highest BCUT2D eigenvalue weighted by molar-refractivity contribution is 7.14. The van der Waals surface area contributed by atoms with Gasteiger partial charge in [-0.1, -0.05) is 18.2 Å². The van der Waals surface area contributed by atoms with E-state index in [9.17, 15) is 9.59 Å². The number of aryl methyl sites for hydroxylation is 2. The van der Waals surface area contributed by atoms with E-state index in [-0.39, 0.29) is 11.8 Å². The van der Waals surface area contributed by atoms with E-state index >= 15 is 0 Å². The van der Waals surface area contributed by atoms with Gasteiger partial charge in [0.2, 0.25) is 5.91 Å². The van der Waals surface area contributed by atoms with Gasteiger partial charge in [0.25, 0.3) is 5.91 Å². The number of thiazole rings is 1. The highest BCUT2D eigenvalue weighted by Gasteiger charge is 2.22. The Bertz CT molecular complexity index is 783. The summed E-state index contributed by atoms with van der Waals surface area (Å²) in [7, 11) is 0. The maximum absolute atomic E-state index is 12.4. The number of benzene rings is 1. The van der Waals surface area contributed by atoms with Gasteiger partial charge >= 0.3 is 0 Å². The Morgan fingerprint density at radius 1 is 1.22 bits per heavy atom. The number of carbonyl (C=O) groups excluding carboxylic acids is 2. The molecule has 0 saturated carbocycles. The normalized spacial score (nSPS) is 11.9. The highest BCUT2D eigenvalue weighted by atomic mass is 32.1. The van der Waals surface area contributed by atoms with Crippen molar-refractivity contribution in [3.8, 4) is 0 Å². The van der Waals surface area contributed by atoms with Crippen LogP contribution in [0.2, 0.25) is 0 Å². The zero-order valence-corrected chi connectivity index (χ0v) is 17.6. The van der Waals surface area contributed by atoms with Crippen LogP contribution in [0.15, 0.2) is 23.6 Å². The number of likely N-dealkylation sites (N-methyl/N-ethyl adjacent to an activating group) is 2. The average molecular weight is 390 g/mol. The second-order valence-corrected chi connectivity index (χ2v) is 7.46. The van der Waals surface area contributed by atoms with Crippen molar-refractivity contribution in [1.29, 1.82) is 0 Å². The van der Waals surface area contributed by atoms with Crippen molar-refractivity contribution in [3.63, 3.8) is 0 Å². The van der Waals surface area contributed by atoms with Gasteiger partial charge in [-0.05, 0) is 38.8 Å². The lowest BCUT2D eigenvalue weighted by molar-refractivity contribution is -0.904. The smallest absolute Gasteiger partial charge is 0.275 e. The summed E-state index contributed by atoms with van der Waals surface area (Å²) in [6.07, 6.45) is 0. The lowest BCUT2D eigenvalue weighted by Gasteiger charge is -2.22. The maximum atomic E-state index is 12.4. The molecule has 27 heavy (non-hydrogen) atoms. The van der Waals surface area contributed by atoms with Crippen LogP contribution in [-0.2, 0) is 16.1 Å². The summed E-state index contributed by atoms with van der Waals surface area (Å²) in [5.41, 5.74) is 3.87. The molecule has 0 radical (unpaired) electrons. The molecule has 1 aromatic carbocycles. The predicted octanol–water partition coefficient (Wildman–Crippen LogP) is 1.99. The Morgan fingerprint density at radius 3 is 2.44 bits per heavy atom. The summed E-state index contributed by atoms with van der Waals surface area (Å²) in [5.74, 6) is -0.0129. The van der Waals surface area contributed by atoms with Gasteiger partial charge in [0, 0.05) is 18.8 Å². The number of aromatic nitrogens is 1. The molecular weight excluding hydrogens is 360 g/mol. The third kappa shape index (κ3) is 5.37. The van der Waals surface area contributed by atoms with Gasteiger partial charge in [-0.3, -0.25) is 14.5 Å². The molecule has 7 heteroatoms. The Kier molecular flexibility index (Phi) is 7.50. The molecule has 1 aromatic heterocycles. The van der Waals surface area contributed by atoms with Crippen LogP contribution in [0.1, 0.15) is 37.6 Å². The topological polar surface area (TPSA) is 66.7 Å². The lowest BCUT2D eigenvalue weighted by atomic mass is 10.1. The molecule has 0 aliphatic rings. The quantitative estimate of drug-likeness (QED) is 0.726. The number of quaternary nitrogens is 1. The van der Waals surface area contributed by atoms with Crippen molar-refractivity contribution in [1.82, 2.24) is 10.3 Å². The molecule has 0 fully saturated rings. The molecule has 1 unspecified atom stereocenters. The van der Waals surface area contributed by atoms with E-state index < -0.39 is 0 Å². The molecule has 2 amide bonds. The van der Waals surface area contributed by atoms with Gasteiger partial charge in [-0.2, -0.15) is 0 Å². The number of rotatable bonds is 8. The van der Waals surface area contributed by atoms with Crippen molar-refractivity contribution < 1.29 is 14.5 Å². The molecule has 1 atom stereocenters. The van der Waals surface area contributed by atoms with Gasteiger partial charge < -0.3 is 10.2 Å². The lowest BCUT2D eigenvalue weighted by Crippen LogP contribution is -3.11. The summed E-state index contributed by atoms with van der Waals surface area (Å²) < 4.78 is 0. The van der Waals surface area contributed by atoms with E-state index in [1.807, 2.05) is 44.4 Å². The number of nitrogens with one attached hydrogen (secondary N) is 2. The molecule has 2 rings (SSSR count). The van der Waals surface area contributed by atoms with E-state index in [1.54, 1.807) is 11.8 Å². The van der Waals surface area contributed by atoms with Crippen LogP contribution in [0, 0.1) is 13.8 Å². The van der Waals surface area contributed by atoms with Gasteiger partial charge in [-0.15, -0.1) is 11.3 Å². The Morgan fingerprint density at radius 2 is 1.89 bits per heavy atom. The predicted molar refractivity (Wildman–Crippen MR) is 110 cm³/mol. The minimum atomic E-state index is -0.0599. The monoisotopic (exact) mass is 389 g/mol. The van der Waals surface area contributed by atoms with Gasteiger partial charge in [0.05, 0.1) is 12.2 Å². The fourth-order valence-corrected chi connectivity index (χ4v) is 3.95.